The van der Waals surface area contributed by atoms with E-state index in [4.69, 9.17) is 17.3 Å². The smallest absolute Gasteiger partial charge is 0.221 e. The molecule has 5 heteroatoms. The second-order valence-corrected chi connectivity index (χ2v) is 4.79. The number of nitrogens with two attached hydrogens (primary N) is 1. The van der Waals surface area contributed by atoms with Crippen LogP contribution in [0, 0.1) is 5.92 Å². The van der Waals surface area contributed by atoms with E-state index in [1.54, 1.807) is 6.20 Å². The van der Waals surface area contributed by atoms with Crippen LogP contribution in [-0.2, 0) is 11.3 Å². The highest BCUT2D eigenvalue weighted by Crippen LogP contribution is 2.20. The van der Waals surface area contributed by atoms with Crippen LogP contribution < -0.4 is 5.73 Å². The molecule has 0 bridgehead atoms. The van der Waals surface area contributed by atoms with Gasteiger partial charge in [-0.1, -0.05) is 17.7 Å². The third-order valence-electron chi connectivity index (χ3n) is 3.14. The summed E-state index contributed by atoms with van der Waals surface area (Å²) in [6.07, 6.45) is 3.58. The van der Waals surface area contributed by atoms with Crippen LogP contribution in [0.3, 0.4) is 0 Å². The van der Waals surface area contributed by atoms with Crippen molar-refractivity contribution in [3.63, 3.8) is 0 Å². The minimum absolute atomic E-state index is 0.0285. The van der Waals surface area contributed by atoms with Crippen LogP contribution in [0.4, 0.5) is 0 Å². The van der Waals surface area contributed by atoms with E-state index >= 15 is 0 Å². The van der Waals surface area contributed by atoms with Gasteiger partial charge in [-0.05, 0) is 25.5 Å². The van der Waals surface area contributed by atoms with Crippen molar-refractivity contribution in [1.82, 2.24) is 9.88 Å². The summed E-state index contributed by atoms with van der Waals surface area (Å²) >= 11 is 6.01. The molecular formula is C12H16ClN3O. The Morgan fingerprint density at radius 2 is 2.47 bits per heavy atom. The van der Waals surface area contributed by atoms with Crippen molar-refractivity contribution in [3.8, 4) is 0 Å². The summed E-state index contributed by atoms with van der Waals surface area (Å²) in [5.41, 5.74) is 6.35. The summed E-state index contributed by atoms with van der Waals surface area (Å²) in [4.78, 5) is 17.4. The number of primary amides is 1. The predicted octanol–water partition coefficient (Wildman–Crippen LogP) is 1.43. The third-order valence-corrected chi connectivity index (χ3v) is 3.48. The number of halogens is 1. The zero-order valence-corrected chi connectivity index (χ0v) is 10.4. The number of piperidine rings is 1. The van der Waals surface area contributed by atoms with Gasteiger partial charge in [0.2, 0.25) is 5.91 Å². The summed E-state index contributed by atoms with van der Waals surface area (Å²) in [6, 6.07) is 3.83. The first kappa shape index (κ1) is 12.3. The van der Waals surface area contributed by atoms with Gasteiger partial charge in [0.25, 0.3) is 0 Å². The van der Waals surface area contributed by atoms with Gasteiger partial charge in [0.1, 0.15) is 5.15 Å². The molecule has 17 heavy (non-hydrogen) atoms. The number of hydrogen-bond donors (Lipinski definition) is 1. The van der Waals surface area contributed by atoms with E-state index < -0.39 is 0 Å². The van der Waals surface area contributed by atoms with E-state index in [1.807, 2.05) is 12.1 Å². The van der Waals surface area contributed by atoms with Gasteiger partial charge in [-0.3, -0.25) is 9.69 Å². The standard InChI is InChI=1S/C12H16ClN3O/c13-11-9(3-1-5-15-11)7-16-6-2-4-10(8-16)12(14)17/h1,3,5,10H,2,4,6-8H2,(H2,14,17). The highest BCUT2D eigenvalue weighted by Gasteiger charge is 2.24. The average Bonchev–Trinajstić information content (AvgIpc) is 2.32. The van der Waals surface area contributed by atoms with Crippen LogP contribution >= 0.6 is 11.6 Å². The van der Waals surface area contributed by atoms with E-state index in [0.717, 1.165) is 38.0 Å². The van der Waals surface area contributed by atoms with Crippen molar-refractivity contribution in [2.24, 2.45) is 11.7 Å². The van der Waals surface area contributed by atoms with Crippen molar-refractivity contribution < 1.29 is 4.79 Å². The van der Waals surface area contributed by atoms with Crippen LogP contribution in [0.5, 0.6) is 0 Å². The SMILES string of the molecule is NC(=O)C1CCCN(Cc2cccnc2Cl)C1. The third kappa shape index (κ3) is 3.17. The minimum atomic E-state index is -0.202. The number of carbonyl (C=O) groups is 1. The van der Waals surface area contributed by atoms with Gasteiger partial charge < -0.3 is 5.73 Å². The molecule has 0 radical (unpaired) electrons. The lowest BCUT2D eigenvalue weighted by atomic mass is 9.97. The molecule has 0 aliphatic carbocycles. The largest absolute Gasteiger partial charge is 0.369 e. The van der Waals surface area contributed by atoms with Crippen molar-refractivity contribution in [3.05, 3.63) is 29.0 Å². The Kier molecular flexibility index (Phi) is 3.97. The first-order valence-electron chi connectivity index (χ1n) is 5.78. The monoisotopic (exact) mass is 253 g/mol. The van der Waals surface area contributed by atoms with Crippen molar-refractivity contribution in [2.75, 3.05) is 13.1 Å². The van der Waals surface area contributed by atoms with Gasteiger partial charge >= 0.3 is 0 Å². The molecule has 4 nitrogen and oxygen atoms in total. The molecule has 1 fully saturated rings. The molecule has 1 amide bonds. The van der Waals surface area contributed by atoms with Crippen molar-refractivity contribution in [1.29, 1.82) is 0 Å². The quantitative estimate of drug-likeness (QED) is 0.829. The molecular weight excluding hydrogens is 238 g/mol. The van der Waals surface area contributed by atoms with Crippen LogP contribution in [0.2, 0.25) is 5.15 Å². The number of nitrogens with zero attached hydrogens (tertiary/aromatic N) is 2. The topological polar surface area (TPSA) is 59.2 Å². The Morgan fingerprint density at radius 3 is 3.18 bits per heavy atom. The number of amides is 1. The van der Waals surface area contributed by atoms with Crippen molar-refractivity contribution in [2.45, 2.75) is 19.4 Å². The zero-order chi connectivity index (χ0) is 12.3. The second-order valence-electron chi connectivity index (χ2n) is 4.43. The fourth-order valence-corrected chi connectivity index (χ4v) is 2.39. The summed E-state index contributed by atoms with van der Waals surface area (Å²) in [6.45, 7) is 2.44. The Balaban J connectivity index is 1.99. The summed E-state index contributed by atoms with van der Waals surface area (Å²) in [5, 5.41) is 0.536. The van der Waals surface area contributed by atoms with Crippen LogP contribution in [-0.4, -0.2) is 28.9 Å². The van der Waals surface area contributed by atoms with Crippen LogP contribution in [0.1, 0.15) is 18.4 Å². The number of likely N-dealkylation sites (tertiary alicyclic amines) is 1. The number of pyridine rings is 1. The van der Waals surface area contributed by atoms with Gasteiger partial charge in [-0.15, -0.1) is 0 Å². The molecule has 0 aromatic carbocycles. The molecule has 0 saturated carbocycles. The van der Waals surface area contributed by atoms with E-state index in [1.165, 1.54) is 0 Å². The average molecular weight is 254 g/mol. The number of aromatic nitrogens is 1. The fourth-order valence-electron chi connectivity index (χ4n) is 2.21. The number of rotatable bonds is 3. The molecule has 0 spiro atoms. The van der Waals surface area contributed by atoms with E-state index in [-0.39, 0.29) is 11.8 Å². The second kappa shape index (κ2) is 5.47. The van der Waals surface area contributed by atoms with Crippen molar-refractivity contribution >= 4 is 17.5 Å². The highest BCUT2D eigenvalue weighted by molar-refractivity contribution is 6.30. The molecule has 1 unspecified atom stereocenters. The first-order chi connectivity index (χ1) is 8.16. The molecule has 1 aliphatic rings. The van der Waals surface area contributed by atoms with Gasteiger partial charge in [0.15, 0.2) is 0 Å². The molecule has 1 aliphatic heterocycles. The van der Waals surface area contributed by atoms with E-state index in [9.17, 15) is 4.79 Å². The lowest BCUT2D eigenvalue weighted by Gasteiger charge is -2.31. The maximum atomic E-state index is 11.2. The molecule has 1 aromatic rings. The minimum Gasteiger partial charge on any atom is -0.369 e. The first-order valence-corrected chi connectivity index (χ1v) is 6.15. The van der Waals surface area contributed by atoms with E-state index in [0.29, 0.717) is 5.15 Å². The number of carbonyl (C=O) groups excluding carboxylic acids is 1. The lowest BCUT2D eigenvalue weighted by molar-refractivity contribution is -0.123. The van der Waals surface area contributed by atoms with Crippen LogP contribution in [0.15, 0.2) is 18.3 Å². The summed E-state index contributed by atoms with van der Waals surface area (Å²) in [7, 11) is 0. The Hall–Kier alpha value is -1.13. The number of hydrogen-bond acceptors (Lipinski definition) is 3. The van der Waals surface area contributed by atoms with Crippen LogP contribution in [0.25, 0.3) is 0 Å². The molecule has 92 valence electrons. The fraction of sp³-hybridized carbons (Fsp3) is 0.500. The highest BCUT2D eigenvalue weighted by atomic mass is 35.5. The predicted molar refractivity (Wildman–Crippen MR) is 66.4 cm³/mol. The normalized spacial score (nSPS) is 21.4. The Morgan fingerprint density at radius 1 is 1.65 bits per heavy atom. The lowest BCUT2D eigenvalue weighted by Crippen LogP contribution is -2.40. The Bertz CT molecular complexity index is 410. The summed E-state index contributed by atoms with van der Waals surface area (Å²) < 4.78 is 0. The van der Waals surface area contributed by atoms with Gasteiger partial charge in [-0.25, -0.2) is 4.98 Å². The molecule has 1 aromatic heterocycles. The van der Waals surface area contributed by atoms with Gasteiger partial charge in [0, 0.05) is 24.8 Å². The molecule has 1 atom stereocenters. The maximum absolute atomic E-state index is 11.2. The molecule has 1 saturated heterocycles. The zero-order valence-electron chi connectivity index (χ0n) is 9.60. The van der Waals surface area contributed by atoms with Gasteiger partial charge in [0.05, 0.1) is 5.92 Å². The molecule has 2 rings (SSSR count). The molecule has 2 N–H and O–H groups in total. The summed E-state index contributed by atoms with van der Waals surface area (Å²) in [5.74, 6) is -0.230. The maximum Gasteiger partial charge on any atom is 0.221 e. The Labute approximate surface area is 106 Å². The molecule has 2 heterocycles. The van der Waals surface area contributed by atoms with Gasteiger partial charge in [-0.2, -0.15) is 0 Å². The van der Waals surface area contributed by atoms with E-state index in [2.05, 4.69) is 9.88 Å².